The fourth-order valence-corrected chi connectivity index (χ4v) is 4.15. The van der Waals surface area contributed by atoms with E-state index in [0.29, 0.717) is 24.0 Å². The van der Waals surface area contributed by atoms with Gasteiger partial charge in [0, 0.05) is 47.5 Å². The monoisotopic (exact) mass is 495 g/mol. The van der Waals surface area contributed by atoms with Crippen LogP contribution in [0.25, 0.3) is 0 Å². The van der Waals surface area contributed by atoms with E-state index in [0.717, 1.165) is 15.7 Å². The summed E-state index contributed by atoms with van der Waals surface area (Å²) in [4.78, 5) is 51.6. The summed E-state index contributed by atoms with van der Waals surface area (Å²) in [6, 6.07) is 14.2. The van der Waals surface area contributed by atoms with Crippen LogP contribution in [0.2, 0.25) is 0 Å². The predicted octanol–water partition coefficient (Wildman–Crippen LogP) is 3.53. The summed E-state index contributed by atoms with van der Waals surface area (Å²) in [7, 11) is 0. The van der Waals surface area contributed by atoms with Crippen molar-refractivity contribution in [3.8, 4) is 0 Å². The molecule has 32 heavy (non-hydrogen) atoms. The van der Waals surface area contributed by atoms with Gasteiger partial charge in [0.05, 0.1) is 4.92 Å². The lowest BCUT2D eigenvalue weighted by Gasteiger charge is -2.32. The minimum atomic E-state index is -1.42. The van der Waals surface area contributed by atoms with Gasteiger partial charge < -0.3 is 4.90 Å². The summed E-state index contributed by atoms with van der Waals surface area (Å²) >= 11 is 3.29. The number of ketones is 1. The van der Waals surface area contributed by atoms with Crippen molar-refractivity contribution in [3.63, 3.8) is 0 Å². The van der Waals surface area contributed by atoms with E-state index in [1.807, 2.05) is 24.3 Å². The Morgan fingerprint density at radius 3 is 2.38 bits per heavy atom. The molecule has 1 unspecified atom stereocenters. The third kappa shape index (κ3) is 4.24. The topological polar surface area (TPSA) is 103 Å². The maximum Gasteiger partial charge on any atom is 0.269 e. The standard InChI is InChI=1S/C23H18BrN3O5/c24-18-7-10-20(28)26(14-18)21(22(29)16-5-8-19(9-6-16)27(31)32)23(30)25-12-11-15-3-1-2-4-17(15)13-25/h1-10,14,21H,11-13H2. The Bertz CT molecular complexity index is 1270. The number of rotatable bonds is 5. The molecule has 0 saturated carbocycles. The number of non-ortho nitro benzene ring substituents is 1. The number of carbonyl (C=O) groups excluding carboxylic acids is 2. The van der Waals surface area contributed by atoms with Crippen molar-refractivity contribution < 1.29 is 14.5 Å². The quantitative estimate of drug-likeness (QED) is 0.233. The molecule has 1 aliphatic heterocycles. The van der Waals surface area contributed by atoms with E-state index < -0.39 is 28.2 Å². The van der Waals surface area contributed by atoms with Crippen LogP contribution < -0.4 is 5.56 Å². The normalized spacial score (nSPS) is 13.8. The van der Waals surface area contributed by atoms with Crippen LogP contribution in [0.3, 0.4) is 0 Å². The number of carbonyl (C=O) groups is 2. The SMILES string of the molecule is O=C(c1ccc([N+](=O)[O-])cc1)C(C(=O)N1CCc2ccccc2C1)n1cc(Br)ccc1=O. The van der Waals surface area contributed by atoms with E-state index in [9.17, 15) is 24.5 Å². The van der Waals surface area contributed by atoms with E-state index in [4.69, 9.17) is 0 Å². The number of nitro groups is 1. The highest BCUT2D eigenvalue weighted by Gasteiger charge is 2.35. The molecule has 9 heteroatoms. The second-order valence-electron chi connectivity index (χ2n) is 7.44. The molecule has 2 heterocycles. The van der Waals surface area contributed by atoms with Gasteiger partial charge in [0.15, 0.2) is 11.8 Å². The number of amides is 1. The van der Waals surface area contributed by atoms with E-state index in [1.165, 1.54) is 42.6 Å². The molecule has 0 aliphatic carbocycles. The van der Waals surface area contributed by atoms with Crippen LogP contribution >= 0.6 is 15.9 Å². The summed E-state index contributed by atoms with van der Waals surface area (Å²) in [5, 5.41) is 10.9. The van der Waals surface area contributed by atoms with Crippen molar-refractivity contribution in [1.82, 2.24) is 9.47 Å². The molecule has 1 aliphatic rings. The van der Waals surface area contributed by atoms with Crippen molar-refractivity contribution in [3.05, 3.63) is 108 Å². The molecule has 1 amide bonds. The van der Waals surface area contributed by atoms with Gasteiger partial charge in [-0.2, -0.15) is 0 Å². The van der Waals surface area contributed by atoms with Gasteiger partial charge in [-0.3, -0.25) is 29.1 Å². The molecule has 0 bridgehead atoms. The third-order valence-corrected chi connectivity index (χ3v) is 5.94. The molecule has 0 saturated heterocycles. The highest BCUT2D eigenvalue weighted by Crippen LogP contribution is 2.25. The average molecular weight is 496 g/mol. The number of halogens is 1. The first kappa shape index (κ1) is 21.6. The van der Waals surface area contributed by atoms with Crippen LogP contribution in [0.4, 0.5) is 5.69 Å². The lowest BCUT2D eigenvalue weighted by molar-refractivity contribution is -0.384. The number of nitro benzene ring substituents is 1. The summed E-state index contributed by atoms with van der Waals surface area (Å²) in [5.74, 6) is -1.10. The van der Waals surface area contributed by atoms with E-state index in [-0.39, 0.29) is 11.3 Å². The highest BCUT2D eigenvalue weighted by molar-refractivity contribution is 9.10. The average Bonchev–Trinajstić information content (AvgIpc) is 2.81. The van der Waals surface area contributed by atoms with Gasteiger partial charge in [-0.25, -0.2) is 0 Å². The zero-order chi connectivity index (χ0) is 22.8. The van der Waals surface area contributed by atoms with Crippen molar-refractivity contribution >= 4 is 33.3 Å². The number of aromatic nitrogens is 1. The van der Waals surface area contributed by atoms with Crippen molar-refractivity contribution in [2.45, 2.75) is 19.0 Å². The van der Waals surface area contributed by atoms with Crippen molar-refractivity contribution in [2.24, 2.45) is 0 Å². The van der Waals surface area contributed by atoms with Crippen molar-refractivity contribution in [2.75, 3.05) is 6.54 Å². The Morgan fingerprint density at radius 1 is 1.00 bits per heavy atom. The van der Waals surface area contributed by atoms with Gasteiger partial charge in [0.25, 0.3) is 17.2 Å². The Kier molecular flexibility index (Phi) is 6.00. The molecule has 4 rings (SSSR count). The Morgan fingerprint density at radius 2 is 1.69 bits per heavy atom. The zero-order valence-electron chi connectivity index (χ0n) is 16.8. The number of hydrogen-bond acceptors (Lipinski definition) is 5. The highest BCUT2D eigenvalue weighted by atomic mass is 79.9. The van der Waals surface area contributed by atoms with Gasteiger partial charge in [-0.15, -0.1) is 0 Å². The largest absolute Gasteiger partial charge is 0.336 e. The Balaban J connectivity index is 1.73. The molecule has 1 atom stereocenters. The summed E-state index contributed by atoms with van der Waals surface area (Å²) < 4.78 is 1.65. The second kappa shape index (κ2) is 8.88. The van der Waals surface area contributed by atoms with Gasteiger partial charge in [0.1, 0.15) is 0 Å². The number of fused-ring (bicyclic) bond motifs is 1. The van der Waals surface area contributed by atoms with Crippen LogP contribution in [-0.2, 0) is 17.8 Å². The molecule has 8 nitrogen and oxygen atoms in total. The van der Waals surface area contributed by atoms with Gasteiger partial charge in [-0.1, -0.05) is 24.3 Å². The fourth-order valence-electron chi connectivity index (χ4n) is 3.80. The number of hydrogen-bond donors (Lipinski definition) is 0. The third-order valence-electron chi connectivity index (χ3n) is 5.47. The van der Waals surface area contributed by atoms with Gasteiger partial charge in [-0.05, 0) is 51.7 Å². The molecule has 0 N–H and O–H groups in total. The predicted molar refractivity (Wildman–Crippen MR) is 120 cm³/mol. The zero-order valence-corrected chi connectivity index (χ0v) is 18.4. The van der Waals surface area contributed by atoms with Gasteiger partial charge >= 0.3 is 0 Å². The van der Waals surface area contributed by atoms with Crippen LogP contribution in [0.1, 0.15) is 27.5 Å². The Hall–Kier alpha value is -3.59. The number of Topliss-reactive ketones (excluding diaryl/α,β-unsaturated/α-hetero) is 1. The van der Waals surface area contributed by atoms with Crippen LogP contribution in [0.15, 0.2) is 76.1 Å². The molecular weight excluding hydrogens is 478 g/mol. The van der Waals surface area contributed by atoms with Gasteiger partial charge in [0.2, 0.25) is 0 Å². The minimum Gasteiger partial charge on any atom is -0.336 e. The Labute approximate surface area is 191 Å². The number of pyridine rings is 1. The maximum atomic E-state index is 13.6. The fraction of sp³-hybridized carbons (Fsp3) is 0.174. The lowest BCUT2D eigenvalue weighted by Crippen LogP contribution is -2.45. The van der Waals surface area contributed by atoms with Crippen LogP contribution in [-0.4, -0.2) is 32.6 Å². The molecule has 1 aromatic heterocycles. The van der Waals surface area contributed by atoms with E-state index in [1.54, 1.807) is 4.90 Å². The molecule has 0 radical (unpaired) electrons. The van der Waals surface area contributed by atoms with E-state index >= 15 is 0 Å². The van der Waals surface area contributed by atoms with Crippen LogP contribution in [0, 0.1) is 10.1 Å². The number of benzene rings is 2. The summed E-state index contributed by atoms with van der Waals surface area (Å²) in [6.45, 7) is 0.754. The lowest BCUT2D eigenvalue weighted by atomic mass is 9.97. The summed E-state index contributed by atoms with van der Waals surface area (Å²) in [6.07, 6.45) is 2.06. The van der Waals surface area contributed by atoms with Crippen molar-refractivity contribution in [1.29, 1.82) is 0 Å². The molecule has 0 fully saturated rings. The first-order valence-corrected chi connectivity index (χ1v) is 10.7. The maximum absolute atomic E-state index is 13.6. The molecule has 0 spiro atoms. The minimum absolute atomic E-state index is 0.109. The summed E-state index contributed by atoms with van der Waals surface area (Å²) in [5.41, 5.74) is 1.58. The van der Waals surface area contributed by atoms with E-state index in [2.05, 4.69) is 15.9 Å². The molecular formula is C23H18BrN3O5. The smallest absolute Gasteiger partial charge is 0.269 e. The molecule has 162 valence electrons. The first-order valence-electron chi connectivity index (χ1n) is 9.87. The van der Waals surface area contributed by atoms with Crippen LogP contribution in [0.5, 0.6) is 0 Å². The molecule has 3 aromatic rings. The second-order valence-corrected chi connectivity index (χ2v) is 8.36. The number of nitrogens with zero attached hydrogens (tertiary/aromatic N) is 3. The first-order chi connectivity index (χ1) is 15.3. The molecule has 2 aromatic carbocycles.